The van der Waals surface area contributed by atoms with Crippen molar-refractivity contribution < 1.29 is 44.3 Å². The third-order valence-electron chi connectivity index (χ3n) is 14.6. The van der Waals surface area contributed by atoms with Crippen molar-refractivity contribution in [3.8, 4) is 61.8 Å². The summed E-state index contributed by atoms with van der Waals surface area (Å²) in [6, 6.07) is 42.8. The van der Waals surface area contributed by atoms with Crippen LogP contribution in [-0.2, 0) is 50.1 Å². The van der Waals surface area contributed by atoms with Crippen LogP contribution in [0.3, 0.4) is 0 Å². The minimum atomic E-state index is -3.75. The number of aromatic nitrogens is 8. The minimum absolute atomic E-state index is 0. The van der Waals surface area contributed by atoms with E-state index in [1.165, 1.54) is 19.2 Å². The van der Waals surface area contributed by atoms with Crippen LogP contribution in [0.15, 0.2) is 199 Å². The minimum Gasteiger partial charge on any atom is -0.657 e. The number of nitrogens with zero attached hydrogens (tertiary/aromatic N) is 8. The molecule has 0 aliphatic carbocycles. The summed E-state index contributed by atoms with van der Waals surface area (Å²) in [5, 5.41) is 3.12. The molecule has 9 heterocycles. The molecule has 12 rings (SSSR count). The third kappa shape index (κ3) is 11.9. The molecule has 2 aliphatic heterocycles. The summed E-state index contributed by atoms with van der Waals surface area (Å²) in [6.45, 7) is 7.02. The molecule has 84 heavy (non-hydrogen) atoms. The summed E-state index contributed by atoms with van der Waals surface area (Å²) in [5.74, 6) is 1.60. The average Bonchev–Trinajstić information content (AvgIpc) is 4.20. The predicted octanol–water partition coefficient (Wildman–Crippen LogP) is 12.7. The molecule has 1 radical (unpaired) electrons. The molecular formula is C68H56MnN9O5S+. The zero-order valence-electron chi connectivity index (χ0n) is 46.4. The van der Waals surface area contributed by atoms with Crippen molar-refractivity contribution in [1.82, 2.24) is 40.2 Å². The standard InChI is InChI=1S/C68H56N9O5S.Mn/c1-68(2,3)49-7-24-62(82-51-10-14-53(15-11-51)83(79,80)52-12-8-50(81-4)9-13-52)48(42-49)6-5-33-72-63(78)43-77-40-31-47(32-41-77)67-60-22-20-58(75-60)65(45-27-36-70-37-28-45)56-18-16-54(73-56)64(44-25-34-69-35-26-44)55-17-19-57(74-55)66(46-29-38-71-39-30-46)59-21-23-61(67)76-59;/h7-32,34-42H,5-6,33,43H2,1-4H3,(H-,72,73,74,75,76,78);/q-1;+2. The maximum atomic E-state index is 13.6. The molecule has 1 amide bonds. The number of nitrogens with one attached hydrogen (secondary N) is 1. The maximum absolute atomic E-state index is 13.6. The second-order valence-electron chi connectivity index (χ2n) is 21.1. The summed E-state index contributed by atoms with van der Waals surface area (Å²) in [5.41, 5.74) is 14.9. The van der Waals surface area contributed by atoms with E-state index in [0.717, 1.165) is 89.3 Å². The largest absolute Gasteiger partial charge is 2.00 e. The molecule has 0 spiro atoms. The van der Waals surface area contributed by atoms with Crippen LogP contribution < -0.4 is 29.3 Å². The van der Waals surface area contributed by atoms with Crippen molar-refractivity contribution >= 4 is 62.1 Å². The molecule has 16 heteroatoms. The first-order valence-electron chi connectivity index (χ1n) is 27.2. The number of hydrogen-bond acceptors (Lipinski definition) is 10. The first-order chi connectivity index (χ1) is 40.4. The van der Waals surface area contributed by atoms with Crippen molar-refractivity contribution in [2.45, 2.75) is 55.4 Å². The Hall–Kier alpha value is -9.60. The molecular weight excluding hydrogens is 1110 g/mol. The molecule has 0 atom stereocenters. The number of rotatable bonds is 15. The molecule has 7 aromatic heterocycles. The van der Waals surface area contributed by atoms with E-state index < -0.39 is 9.84 Å². The van der Waals surface area contributed by atoms with E-state index in [4.69, 9.17) is 29.4 Å². The van der Waals surface area contributed by atoms with Crippen molar-refractivity contribution in [2.24, 2.45) is 0 Å². The molecule has 0 saturated carbocycles. The topological polar surface area (TPSA) is 178 Å². The fraction of sp³-hybridized carbons (Fsp3) is 0.132. The quantitative estimate of drug-likeness (QED) is 0.0584. The first kappa shape index (κ1) is 56.3. The Kier molecular flexibility index (Phi) is 16.1. The fourth-order valence-corrected chi connectivity index (χ4v) is 11.6. The van der Waals surface area contributed by atoms with Gasteiger partial charge in [0, 0.05) is 55.9 Å². The molecule has 415 valence electrons. The molecule has 10 aromatic rings. The average molecular weight is 1170 g/mol. The Labute approximate surface area is 497 Å². The summed E-state index contributed by atoms with van der Waals surface area (Å²) in [4.78, 5) is 48.3. The van der Waals surface area contributed by atoms with Crippen LogP contribution in [0.25, 0.3) is 90.9 Å². The van der Waals surface area contributed by atoms with Gasteiger partial charge in [-0.2, -0.15) is 4.57 Å². The Morgan fingerprint density at radius 3 is 1.38 bits per heavy atom. The SMILES string of the molecule is COc1ccc(S(=O)(=O)c2ccc(Oc3ccc(C(C)(C)C)cc3CCCNC(=O)C[n+]3ccc(-c4c5nc(c(-c6ccncc6)c6ccc([n-]6)c(-c6ccncc6)c6nc(c(-c7ccncc7)c7ccc4[n-]7)C=C6)C=C5)cc3)cc2)cc1.[Mn+2]. The third-order valence-corrected chi connectivity index (χ3v) is 16.4. The van der Waals surface area contributed by atoms with Crippen molar-refractivity contribution in [3.63, 3.8) is 0 Å². The van der Waals surface area contributed by atoms with Crippen LogP contribution in [0, 0.1) is 0 Å². The fourth-order valence-electron chi connectivity index (χ4n) is 10.3. The van der Waals surface area contributed by atoms with Crippen LogP contribution >= 0.6 is 0 Å². The molecule has 0 unspecified atom stereocenters. The van der Waals surface area contributed by atoms with Gasteiger partial charge in [0.15, 0.2) is 12.4 Å². The van der Waals surface area contributed by atoms with E-state index in [-0.39, 0.29) is 44.7 Å². The maximum Gasteiger partial charge on any atom is 2.00 e. The smallest absolute Gasteiger partial charge is 0.657 e. The summed E-state index contributed by atoms with van der Waals surface area (Å²) >= 11 is 0. The normalized spacial score (nSPS) is 12.0. The van der Waals surface area contributed by atoms with Gasteiger partial charge in [-0.25, -0.2) is 18.4 Å². The predicted molar refractivity (Wildman–Crippen MR) is 324 cm³/mol. The molecule has 14 nitrogen and oxygen atoms in total. The van der Waals surface area contributed by atoms with E-state index in [1.54, 1.807) is 73.6 Å². The van der Waals surface area contributed by atoms with Crippen LogP contribution in [0.2, 0.25) is 0 Å². The van der Waals surface area contributed by atoms with E-state index in [2.05, 4.69) is 53.2 Å². The van der Waals surface area contributed by atoms with Crippen molar-refractivity contribution in [2.75, 3.05) is 13.7 Å². The van der Waals surface area contributed by atoms with Crippen LogP contribution in [-0.4, -0.2) is 52.9 Å². The molecule has 0 saturated heterocycles. The summed E-state index contributed by atoms with van der Waals surface area (Å²) in [7, 11) is -2.22. The number of methoxy groups -OCH3 is 1. The zero-order valence-corrected chi connectivity index (χ0v) is 48.4. The van der Waals surface area contributed by atoms with Gasteiger partial charge in [0.1, 0.15) is 17.2 Å². The number of hydrogen-bond donors (Lipinski definition) is 1. The van der Waals surface area contributed by atoms with E-state index in [1.807, 2.05) is 120 Å². The number of fused-ring (bicyclic) bond motifs is 8. The Bertz CT molecular complexity index is 4380. The Morgan fingerprint density at radius 2 is 0.964 bits per heavy atom. The van der Waals surface area contributed by atoms with Gasteiger partial charge >= 0.3 is 17.1 Å². The van der Waals surface area contributed by atoms with Crippen LogP contribution in [0.5, 0.6) is 17.2 Å². The Morgan fingerprint density at radius 1 is 0.548 bits per heavy atom. The number of sulfone groups is 1. The summed E-state index contributed by atoms with van der Waals surface area (Å²) < 4.78 is 40.3. The van der Waals surface area contributed by atoms with Crippen molar-refractivity contribution in [3.05, 3.63) is 223 Å². The number of amides is 1. The van der Waals surface area contributed by atoms with Gasteiger partial charge in [-0.15, -0.1) is 22.1 Å². The first-order valence-corrected chi connectivity index (χ1v) is 28.7. The van der Waals surface area contributed by atoms with Gasteiger partial charge in [0.2, 0.25) is 16.4 Å². The number of carbonyl (C=O) groups is 1. The second kappa shape index (κ2) is 24.1. The molecule has 0 fully saturated rings. The zero-order chi connectivity index (χ0) is 57.1. The van der Waals surface area contributed by atoms with Crippen LogP contribution in [0.4, 0.5) is 0 Å². The Balaban J connectivity index is 0.00000736. The molecule has 3 aromatic carbocycles. The monoisotopic (exact) mass is 1170 g/mol. The second-order valence-corrected chi connectivity index (χ2v) is 23.1. The van der Waals surface area contributed by atoms with Gasteiger partial charge in [-0.1, -0.05) is 57.2 Å². The van der Waals surface area contributed by atoms with Gasteiger partial charge in [0.05, 0.1) is 39.7 Å². The molecule has 2 aliphatic rings. The molecule has 8 bridgehead atoms. The number of ether oxygens (including phenoxy) is 2. The van der Waals surface area contributed by atoms with Crippen molar-refractivity contribution in [1.29, 1.82) is 0 Å². The van der Waals surface area contributed by atoms with E-state index in [9.17, 15) is 13.2 Å². The van der Waals surface area contributed by atoms with Gasteiger partial charge in [0.25, 0.3) is 5.91 Å². The number of pyridine rings is 4. The van der Waals surface area contributed by atoms with Crippen LogP contribution in [0.1, 0.15) is 61.1 Å². The van der Waals surface area contributed by atoms with Gasteiger partial charge in [-0.3, -0.25) is 19.7 Å². The number of benzene rings is 3. The van der Waals surface area contributed by atoms with E-state index >= 15 is 0 Å². The number of aryl methyl sites for hydroxylation is 1. The van der Waals surface area contributed by atoms with E-state index in [0.29, 0.717) is 47.8 Å². The molecule has 1 N–H and O–H groups in total. The van der Waals surface area contributed by atoms with Gasteiger partial charge < -0.3 is 24.8 Å². The summed E-state index contributed by atoms with van der Waals surface area (Å²) in [6.07, 6.45) is 23.8. The number of carbonyl (C=O) groups excluding carboxylic acids is 1. The van der Waals surface area contributed by atoms with Gasteiger partial charge in [-0.05, 0) is 189 Å².